The first kappa shape index (κ1) is 13.8. The molecule has 1 fully saturated rings. The molecule has 19 heavy (non-hydrogen) atoms. The summed E-state index contributed by atoms with van der Waals surface area (Å²) in [6, 6.07) is 2.67. The molecule has 0 aliphatic carbocycles. The molecule has 5 nitrogen and oxygen atoms in total. The van der Waals surface area contributed by atoms with E-state index in [1.807, 2.05) is 6.92 Å². The van der Waals surface area contributed by atoms with E-state index in [9.17, 15) is 0 Å². The van der Waals surface area contributed by atoms with E-state index in [2.05, 4.69) is 39.9 Å². The van der Waals surface area contributed by atoms with Crippen molar-refractivity contribution in [3.63, 3.8) is 0 Å². The molecule has 1 aromatic heterocycles. The molecule has 1 saturated heterocycles. The standard InChI is InChI=1S/C14H22N4O/c1-11(2)17-4-6-18(7-5-17)14-8-12(3)13(9-15-14)10-16-19/h8-11,19H,4-7H2,1-3H3/b16-10+. The molecule has 1 aliphatic rings. The van der Waals surface area contributed by atoms with Crippen LogP contribution in [0.3, 0.4) is 0 Å². The van der Waals surface area contributed by atoms with Crippen molar-refractivity contribution in [1.82, 2.24) is 9.88 Å². The minimum absolute atomic E-state index is 0.611. The molecular formula is C14H22N4O. The smallest absolute Gasteiger partial charge is 0.128 e. The van der Waals surface area contributed by atoms with E-state index in [1.54, 1.807) is 6.20 Å². The average molecular weight is 262 g/mol. The lowest BCUT2D eigenvalue weighted by atomic mass is 10.1. The number of hydrogen-bond acceptors (Lipinski definition) is 5. The van der Waals surface area contributed by atoms with Gasteiger partial charge in [-0.2, -0.15) is 0 Å². The summed E-state index contributed by atoms with van der Waals surface area (Å²) in [5.74, 6) is 1.01. The van der Waals surface area contributed by atoms with Crippen molar-refractivity contribution in [3.8, 4) is 0 Å². The van der Waals surface area contributed by atoms with Crippen LogP contribution in [0.2, 0.25) is 0 Å². The Bertz CT molecular complexity index is 451. The van der Waals surface area contributed by atoms with E-state index in [0.717, 1.165) is 43.1 Å². The van der Waals surface area contributed by atoms with Gasteiger partial charge in [-0.1, -0.05) is 5.16 Å². The third kappa shape index (κ3) is 3.23. The molecule has 1 aromatic rings. The minimum Gasteiger partial charge on any atom is -0.411 e. The van der Waals surface area contributed by atoms with Crippen molar-refractivity contribution in [2.24, 2.45) is 5.16 Å². The highest BCUT2D eigenvalue weighted by atomic mass is 16.4. The zero-order valence-corrected chi connectivity index (χ0v) is 11.9. The number of piperazine rings is 1. The van der Waals surface area contributed by atoms with Crippen LogP contribution in [0.1, 0.15) is 25.0 Å². The van der Waals surface area contributed by atoms with Gasteiger partial charge in [-0.15, -0.1) is 0 Å². The number of hydrogen-bond donors (Lipinski definition) is 1. The van der Waals surface area contributed by atoms with Crippen LogP contribution in [-0.4, -0.2) is 53.5 Å². The summed E-state index contributed by atoms with van der Waals surface area (Å²) in [6.07, 6.45) is 3.18. The quantitative estimate of drug-likeness (QED) is 0.512. The number of pyridine rings is 1. The average Bonchev–Trinajstić information content (AvgIpc) is 2.41. The SMILES string of the molecule is Cc1cc(N2CCN(C(C)C)CC2)ncc1/C=N/O. The monoisotopic (exact) mass is 262 g/mol. The second-order valence-corrected chi connectivity index (χ2v) is 5.26. The highest BCUT2D eigenvalue weighted by Gasteiger charge is 2.19. The van der Waals surface area contributed by atoms with Crippen molar-refractivity contribution in [2.75, 3.05) is 31.1 Å². The van der Waals surface area contributed by atoms with E-state index in [0.29, 0.717) is 6.04 Å². The number of anilines is 1. The Morgan fingerprint density at radius 2 is 2.00 bits per heavy atom. The third-order valence-corrected chi connectivity index (χ3v) is 3.70. The second kappa shape index (κ2) is 6.02. The maximum atomic E-state index is 8.57. The fraction of sp³-hybridized carbons (Fsp3) is 0.571. The van der Waals surface area contributed by atoms with Gasteiger partial charge in [0.1, 0.15) is 5.82 Å². The molecule has 5 heteroatoms. The number of rotatable bonds is 3. The van der Waals surface area contributed by atoms with Crippen LogP contribution in [0.25, 0.3) is 0 Å². The Labute approximate surface area is 114 Å². The third-order valence-electron chi connectivity index (χ3n) is 3.70. The zero-order valence-electron chi connectivity index (χ0n) is 11.9. The summed E-state index contributed by atoms with van der Waals surface area (Å²) in [5, 5.41) is 11.6. The van der Waals surface area contributed by atoms with Crippen LogP contribution in [0.5, 0.6) is 0 Å². The molecule has 0 amide bonds. The predicted octanol–water partition coefficient (Wildman–Crippen LogP) is 1.73. The number of aryl methyl sites for hydroxylation is 1. The van der Waals surface area contributed by atoms with Gasteiger partial charge in [0.25, 0.3) is 0 Å². The van der Waals surface area contributed by atoms with Crippen LogP contribution >= 0.6 is 0 Å². The summed E-state index contributed by atoms with van der Waals surface area (Å²) in [7, 11) is 0. The minimum atomic E-state index is 0.611. The summed E-state index contributed by atoms with van der Waals surface area (Å²) >= 11 is 0. The molecule has 0 atom stereocenters. The molecule has 0 radical (unpaired) electrons. The lowest BCUT2D eigenvalue weighted by molar-refractivity contribution is 0.209. The first-order valence-electron chi connectivity index (χ1n) is 6.75. The molecule has 1 aliphatic heterocycles. The van der Waals surface area contributed by atoms with Gasteiger partial charge in [0, 0.05) is 44.0 Å². The van der Waals surface area contributed by atoms with Gasteiger partial charge in [-0.05, 0) is 32.4 Å². The summed E-state index contributed by atoms with van der Waals surface area (Å²) in [6.45, 7) is 10.7. The molecule has 1 N–H and O–H groups in total. The molecule has 104 valence electrons. The van der Waals surface area contributed by atoms with Gasteiger partial charge in [0.05, 0.1) is 6.21 Å². The van der Waals surface area contributed by atoms with Gasteiger partial charge in [-0.3, -0.25) is 4.90 Å². The van der Waals surface area contributed by atoms with Crippen LogP contribution in [-0.2, 0) is 0 Å². The fourth-order valence-electron chi connectivity index (χ4n) is 2.39. The lowest BCUT2D eigenvalue weighted by Gasteiger charge is -2.37. The van der Waals surface area contributed by atoms with Crippen LogP contribution in [0.15, 0.2) is 17.4 Å². The van der Waals surface area contributed by atoms with Gasteiger partial charge in [0.15, 0.2) is 0 Å². The highest BCUT2D eigenvalue weighted by molar-refractivity contribution is 5.81. The summed E-state index contributed by atoms with van der Waals surface area (Å²) in [5.41, 5.74) is 1.93. The Kier molecular flexibility index (Phi) is 4.37. The zero-order chi connectivity index (χ0) is 13.8. The fourth-order valence-corrected chi connectivity index (χ4v) is 2.39. The molecular weight excluding hydrogens is 240 g/mol. The molecule has 0 unspecified atom stereocenters. The maximum absolute atomic E-state index is 8.57. The van der Waals surface area contributed by atoms with E-state index >= 15 is 0 Å². The number of oxime groups is 1. The first-order valence-corrected chi connectivity index (χ1v) is 6.75. The summed E-state index contributed by atoms with van der Waals surface area (Å²) < 4.78 is 0. The van der Waals surface area contributed by atoms with E-state index in [-0.39, 0.29) is 0 Å². The lowest BCUT2D eigenvalue weighted by Crippen LogP contribution is -2.49. The number of nitrogens with zero attached hydrogens (tertiary/aromatic N) is 4. The molecule has 2 rings (SSSR count). The van der Waals surface area contributed by atoms with Gasteiger partial charge in [0.2, 0.25) is 0 Å². The van der Waals surface area contributed by atoms with Crippen molar-refractivity contribution in [1.29, 1.82) is 0 Å². The molecule has 0 aromatic carbocycles. The second-order valence-electron chi connectivity index (χ2n) is 5.26. The van der Waals surface area contributed by atoms with Gasteiger partial charge in [-0.25, -0.2) is 4.98 Å². The van der Waals surface area contributed by atoms with E-state index in [1.165, 1.54) is 6.21 Å². The van der Waals surface area contributed by atoms with Crippen LogP contribution in [0, 0.1) is 6.92 Å². The molecule has 0 bridgehead atoms. The number of aromatic nitrogens is 1. The van der Waals surface area contributed by atoms with Crippen molar-refractivity contribution < 1.29 is 5.21 Å². The molecule has 2 heterocycles. The summed E-state index contributed by atoms with van der Waals surface area (Å²) in [4.78, 5) is 9.25. The Hall–Kier alpha value is -1.62. The van der Waals surface area contributed by atoms with Crippen molar-refractivity contribution >= 4 is 12.0 Å². The predicted molar refractivity (Wildman–Crippen MR) is 77.3 cm³/mol. The van der Waals surface area contributed by atoms with Crippen molar-refractivity contribution in [3.05, 3.63) is 23.4 Å². The first-order chi connectivity index (χ1) is 9.11. The Morgan fingerprint density at radius 3 is 2.53 bits per heavy atom. The topological polar surface area (TPSA) is 52.0 Å². The normalized spacial score (nSPS) is 17.6. The van der Waals surface area contributed by atoms with E-state index < -0.39 is 0 Å². The molecule has 0 spiro atoms. The van der Waals surface area contributed by atoms with Gasteiger partial charge >= 0.3 is 0 Å². The van der Waals surface area contributed by atoms with Crippen molar-refractivity contribution in [2.45, 2.75) is 26.8 Å². The Morgan fingerprint density at radius 1 is 1.32 bits per heavy atom. The van der Waals surface area contributed by atoms with E-state index in [4.69, 9.17) is 5.21 Å². The van der Waals surface area contributed by atoms with Crippen LogP contribution < -0.4 is 4.90 Å². The van der Waals surface area contributed by atoms with Crippen LogP contribution in [0.4, 0.5) is 5.82 Å². The molecule has 0 saturated carbocycles. The highest BCUT2D eigenvalue weighted by Crippen LogP contribution is 2.17. The Balaban J connectivity index is 2.06. The van der Waals surface area contributed by atoms with Gasteiger partial charge < -0.3 is 10.1 Å². The maximum Gasteiger partial charge on any atom is 0.128 e. The largest absolute Gasteiger partial charge is 0.411 e.